The number of fused-ring (bicyclic) bond motifs is 1. The Morgan fingerprint density at radius 2 is 1.88 bits per heavy atom. The van der Waals surface area contributed by atoms with Crippen molar-refractivity contribution < 1.29 is 9.53 Å². The largest absolute Gasteiger partial charge is 0.480 e. The lowest BCUT2D eigenvalue weighted by atomic mass is 10.0. The van der Waals surface area contributed by atoms with Crippen LogP contribution in [0, 0.1) is 0 Å². The molecule has 1 unspecified atom stereocenters. The Bertz CT molecular complexity index is 1130. The molecule has 4 heterocycles. The van der Waals surface area contributed by atoms with E-state index in [0.29, 0.717) is 32.0 Å². The first kappa shape index (κ1) is 20.4. The van der Waals surface area contributed by atoms with Gasteiger partial charge in [-0.2, -0.15) is 5.10 Å². The number of nitrogens with zero attached hydrogens (tertiary/aromatic N) is 6. The Labute approximate surface area is 185 Å². The van der Waals surface area contributed by atoms with Gasteiger partial charge < -0.3 is 9.64 Å². The summed E-state index contributed by atoms with van der Waals surface area (Å²) < 4.78 is 9.08. The van der Waals surface area contributed by atoms with E-state index in [1.165, 1.54) is 16.3 Å². The number of rotatable bonds is 5. The average molecular weight is 435 g/mol. The number of ether oxygens (including phenoxy) is 1. The summed E-state index contributed by atoms with van der Waals surface area (Å²) in [4.78, 5) is 29.3. The van der Waals surface area contributed by atoms with Gasteiger partial charge in [0.2, 0.25) is 0 Å². The van der Waals surface area contributed by atoms with Crippen LogP contribution in [0.15, 0.2) is 59.7 Å². The molecular weight excluding hydrogens is 408 g/mol. The molecule has 0 bridgehead atoms. The third-order valence-electron chi connectivity index (χ3n) is 6.10. The molecule has 3 aromatic rings. The van der Waals surface area contributed by atoms with Crippen molar-refractivity contribution in [1.82, 2.24) is 29.4 Å². The van der Waals surface area contributed by atoms with E-state index in [-0.39, 0.29) is 11.5 Å². The van der Waals surface area contributed by atoms with Gasteiger partial charge in [-0.25, -0.2) is 9.36 Å². The normalized spacial score (nSPS) is 18.8. The van der Waals surface area contributed by atoms with E-state index in [4.69, 9.17) is 4.74 Å². The highest BCUT2D eigenvalue weighted by Crippen LogP contribution is 2.28. The summed E-state index contributed by atoms with van der Waals surface area (Å²) in [7, 11) is 0. The zero-order valence-electron chi connectivity index (χ0n) is 17.8. The maximum atomic E-state index is 13.0. The highest BCUT2D eigenvalue weighted by molar-refractivity contribution is 5.81. The molecule has 1 aromatic carbocycles. The Balaban J connectivity index is 1.14. The van der Waals surface area contributed by atoms with Gasteiger partial charge in [0.1, 0.15) is 5.75 Å². The van der Waals surface area contributed by atoms with Gasteiger partial charge in [0.25, 0.3) is 11.5 Å². The standard InChI is InChI=1S/C23H26N6O3/c30-22-9-8-21(28-11-3-10-24-28)25-29(22)17-14-26-12-15-27(16-13-26)23(31)20-7-6-18-4-1-2-5-19(18)32-20/h1-5,8-11,20H,6-7,12-17H2. The van der Waals surface area contributed by atoms with E-state index in [1.54, 1.807) is 23.1 Å². The molecule has 0 spiro atoms. The van der Waals surface area contributed by atoms with E-state index in [0.717, 1.165) is 31.7 Å². The van der Waals surface area contributed by atoms with Gasteiger partial charge in [0.15, 0.2) is 11.9 Å². The lowest BCUT2D eigenvalue weighted by molar-refractivity contribution is -0.141. The number of hydrogen-bond acceptors (Lipinski definition) is 6. The molecule has 0 N–H and O–H groups in total. The highest BCUT2D eigenvalue weighted by Gasteiger charge is 2.31. The Morgan fingerprint density at radius 1 is 1.03 bits per heavy atom. The smallest absolute Gasteiger partial charge is 0.266 e. The van der Waals surface area contributed by atoms with Crippen LogP contribution in [0.5, 0.6) is 5.75 Å². The Hall–Kier alpha value is -3.46. The van der Waals surface area contributed by atoms with E-state index in [2.05, 4.69) is 21.2 Å². The topological polar surface area (TPSA) is 85.5 Å². The molecule has 1 saturated heterocycles. The summed E-state index contributed by atoms with van der Waals surface area (Å²) in [6, 6.07) is 12.9. The third kappa shape index (κ3) is 4.29. The van der Waals surface area contributed by atoms with Crippen molar-refractivity contribution in [1.29, 1.82) is 0 Å². The molecule has 2 aromatic heterocycles. The quantitative estimate of drug-likeness (QED) is 0.595. The number of para-hydroxylation sites is 1. The first-order valence-electron chi connectivity index (χ1n) is 11.0. The maximum Gasteiger partial charge on any atom is 0.266 e. The SMILES string of the molecule is O=C(C1CCc2ccccc2O1)N1CCN(CCn2nc(-n3cccn3)ccc2=O)CC1. The van der Waals surface area contributed by atoms with Gasteiger partial charge in [-0.15, -0.1) is 5.10 Å². The summed E-state index contributed by atoms with van der Waals surface area (Å²) >= 11 is 0. The van der Waals surface area contributed by atoms with Crippen molar-refractivity contribution in [2.24, 2.45) is 0 Å². The summed E-state index contributed by atoms with van der Waals surface area (Å²) in [5, 5.41) is 8.58. The Kier molecular flexibility index (Phi) is 5.72. The summed E-state index contributed by atoms with van der Waals surface area (Å²) in [6.45, 7) is 4.05. The zero-order valence-corrected chi connectivity index (χ0v) is 17.8. The third-order valence-corrected chi connectivity index (χ3v) is 6.10. The molecule has 1 atom stereocenters. The molecule has 32 heavy (non-hydrogen) atoms. The van der Waals surface area contributed by atoms with Crippen LogP contribution >= 0.6 is 0 Å². The minimum atomic E-state index is -0.399. The van der Waals surface area contributed by atoms with Crippen molar-refractivity contribution in [2.75, 3.05) is 32.7 Å². The lowest BCUT2D eigenvalue weighted by Crippen LogP contribution is -2.53. The van der Waals surface area contributed by atoms with Crippen LogP contribution in [0.2, 0.25) is 0 Å². The van der Waals surface area contributed by atoms with E-state index < -0.39 is 6.10 Å². The molecule has 5 rings (SSSR count). The lowest BCUT2D eigenvalue weighted by Gasteiger charge is -2.37. The van der Waals surface area contributed by atoms with Crippen molar-refractivity contribution >= 4 is 5.91 Å². The first-order chi connectivity index (χ1) is 15.7. The molecular formula is C23H26N6O3. The molecule has 166 valence electrons. The number of amides is 1. The molecule has 1 amide bonds. The number of aryl methyl sites for hydroxylation is 1. The fourth-order valence-electron chi connectivity index (χ4n) is 4.25. The minimum absolute atomic E-state index is 0.0731. The molecule has 0 aliphatic carbocycles. The van der Waals surface area contributed by atoms with Crippen molar-refractivity contribution in [3.63, 3.8) is 0 Å². The zero-order chi connectivity index (χ0) is 21.9. The van der Waals surface area contributed by atoms with Crippen LogP contribution in [0.4, 0.5) is 0 Å². The summed E-state index contributed by atoms with van der Waals surface area (Å²) in [5.74, 6) is 1.51. The van der Waals surface area contributed by atoms with E-state index >= 15 is 0 Å². The van der Waals surface area contributed by atoms with Crippen molar-refractivity contribution in [3.05, 3.63) is 70.8 Å². The molecule has 1 fully saturated rings. The van der Waals surface area contributed by atoms with Crippen molar-refractivity contribution in [2.45, 2.75) is 25.5 Å². The van der Waals surface area contributed by atoms with Gasteiger partial charge in [0.05, 0.1) is 6.54 Å². The second kappa shape index (κ2) is 8.96. The van der Waals surface area contributed by atoms with Crippen LogP contribution in [0.1, 0.15) is 12.0 Å². The molecule has 9 nitrogen and oxygen atoms in total. The molecule has 2 aliphatic rings. The van der Waals surface area contributed by atoms with Gasteiger partial charge in [-0.05, 0) is 36.6 Å². The summed E-state index contributed by atoms with van der Waals surface area (Å²) in [5.41, 5.74) is 1.03. The van der Waals surface area contributed by atoms with Gasteiger partial charge >= 0.3 is 0 Å². The maximum absolute atomic E-state index is 13.0. The van der Waals surface area contributed by atoms with E-state index in [9.17, 15) is 9.59 Å². The number of carbonyl (C=O) groups excluding carboxylic acids is 1. The van der Waals surface area contributed by atoms with Gasteiger partial charge in [-0.1, -0.05) is 18.2 Å². The van der Waals surface area contributed by atoms with Crippen LogP contribution in [-0.4, -0.2) is 74.1 Å². The first-order valence-corrected chi connectivity index (χ1v) is 11.0. The number of carbonyl (C=O) groups is 1. The average Bonchev–Trinajstić information content (AvgIpc) is 3.38. The van der Waals surface area contributed by atoms with Crippen LogP contribution in [0.3, 0.4) is 0 Å². The molecule has 0 saturated carbocycles. The fourth-order valence-corrected chi connectivity index (χ4v) is 4.25. The van der Waals surface area contributed by atoms with Gasteiger partial charge in [-0.3, -0.25) is 14.5 Å². The van der Waals surface area contributed by atoms with Crippen LogP contribution in [-0.2, 0) is 17.8 Å². The molecule has 0 radical (unpaired) electrons. The number of piperazine rings is 1. The monoisotopic (exact) mass is 434 g/mol. The fraction of sp³-hybridized carbons (Fsp3) is 0.391. The van der Waals surface area contributed by atoms with Crippen LogP contribution < -0.4 is 10.3 Å². The van der Waals surface area contributed by atoms with Crippen LogP contribution in [0.25, 0.3) is 5.82 Å². The number of benzene rings is 1. The second-order valence-electron chi connectivity index (χ2n) is 8.12. The number of aromatic nitrogens is 4. The van der Waals surface area contributed by atoms with E-state index in [1.807, 2.05) is 29.2 Å². The van der Waals surface area contributed by atoms with Crippen molar-refractivity contribution in [3.8, 4) is 11.6 Å². The summed E-state index contributed by atoms with van der Waals surface area (Å²) in [6.07, 6.45) is 4.66. The molecule has 9 heteroatoms. The van der Waals surface area contributed by atoms with Gasteiger partial charge in [0, 0.05) is 51.2 Å². The molecule has 2 aliphatic heterocycles. The Morgan fingerprint density at radius 3 is 2.69 bits per heavy atom. The highest BCUT2D eigenvalue weighted by atomic mass is 16.5. The predicted octanol–water partition coefficient (Wildman–Crippen LogP) is 0.967. The predicted molar refractivity (Wildman–Crippen MR) is 118 cm³/mol. The minimum Gasteiger partial charge on any atom is -0.480 e. The second-order valence-corrected chi connectivity index (χ2v) is 8.12. The number of hydrogen-bond donors (Lipinski definition) is 0.